The number of halogens is 1. The van der Waals surface area contributed by atoms with Gasteiger partial charge in [-0.2, -0.15) is 0 Å². The fraction of sp³-hybridized carbons (Fsp3) is 0.455. The third kappa shape index (κ3) is 5.39. The third-order valence-electron chi connectivity index (χ3n) is 2.08. The number of alkyl halides is 1. The normalized spacial score (nSPS) is 11.4. The molecule has 0 radical (unpaired) electrons. The Morgan fingerprint density at radius 1 is 1.29 bits per heavy atom. The van der Waals surface area contributed by atoms with E-state index in [1.807, 2.05) is 6.92 Å². The van der Waals surface area contributed by atoms with Crippen molar-refractivity contribution in [2.45, 2.75) is 12.8 Å². The molecule has 0 saturated heterocycles. The molecule has 17 heavy (non-hydrogen) atoms. The fourth-order valence-corrected chi connectivity index (χ4v) is 2.32. The van der Waals surface area contributed by atoms with Crippen LogP contribution in [0.2, 0.25) is 0 Å². The molecular weight excluding hydrogens is 262 g/mol. The van der Waals surface area contributed by atoms with Crippen molar-refractivity contribution in [2.75, 3.05) is 23.7 Å². The second-order valence-electron chi connectivity index (χ2n) is 3.45. The molecule has 0 amide bonds. The molecule has 0 spiro atoms. The predicted molar refractivity (Wildman–Crippen MR) is 69.9 cm³/mol. The van der Waals surface area contributed by atoms with Crippen LogP contribution in [0.3, 0.4) is 0 Å². The summed E-state index contributed by atoms with van der Waals surface area (Å²) in [5.74, 6) is 0.371. The maximum atomic E-state index is 11.6. The number of hydrogen-bond donors (Lipinski definition) is 1. The van der Waals surface area contributed by atoms with E-state index in [-0.39, 0.29) is 12.4 Å². The van der Waals surface area contributed by atoms with Crippen LogP contribution >= 0.6 is 11.6 Å². The standard InChI is InChI=1S/C11H16ClNO3S/c1-2-16-7-8-17(14,15)13-11-5-3-10(9-12)4-6-11/h3-6,13H,2,7-9H2,1H3. The molecule has 0 aliphatic rings. The average molecular weight is 278 g/mol. The van der Waals surface area contributed by atoms with Crippen LogP contribution in [0.5, 0.6) is 0 Å². The van der Waals surface area contributed by atoms with Crippen LogP contribution in [-0.4, -0.2) is 27.4 Å². The summed E-state index contributed by atoms with van der Waals surface area (Å²) in [5, 5.41) is 0. The fourth-order valence-electron chi connectivity index (χ4n) is 1.21. The van der Waals surface area contributed by atoms with Crippen LogP contribution in [-0.2, 0) is 20.6 Å². The summed E-state index contributed by atoms with van der Waals surface area (Å²) in [6.07, 6.45) is 0. The zero-order valence-electron chi connectivity index (χ0n) is 9.65. The second kappa shape index (κ2) is 6.83. The van der Waals surface area contributed by atoms with E-state index in [9.17, 15) is 8.42 Å². The van der Waals surface area contributed by atoms with Crippen molar-refractivity contribution in [1.82, 2.24) is 0 Å². The summed E-state index contributed by atoms with van der Waals surface area (Å²) in [5.41, 5.74) is 1.49. The Morgan fingerprint density at radius 3 is 2.47 bits per heavy atom. The van der Waals surface area contributed by atoms with Crippen LogP contribution in [0.25, 0.3) is 0 Å². The highest BCUT2D eigenvalue weighted by molar-refractivity contribution is 7.92. The maximum absolute atomic E-state index is 11.6. The Morgan fingerprint density at radius 2 is 1.94 bits per heavy atom. The Kier molecular flexibility index (Phi) is 5.74. The van der Waals surface area contributed by atoms with Gasteiger partial charge in [0.15, 0.2) is 0 Å². The molecule has 0 aliphatic heterocycles. The molecule has 0 atom stereocenters. The molecule has 1 aromatic carbocycles. The molecule has 4 nitrogen and oxygen atoms in total. The summed E-state index contributed by atoms with van der Waals surface area (Å²) in [6.45, 7) is 2.54. The van der Waals surface area contributed by atoms with Crippen molar-refractivity contribution in [3.8, 4) is 0 Å². The molecule has 0 unspecified atom stereocenters. The first kappa shape index (κ1) is 14.3. The summed E-state index contributed by atoms with van der Waals surface area (Å²) in [7, 11) is -3.33. The van der Waals surface area contributed by atoms with E-state index in [0.717, 1.165) is 5.56 Å². The van der Waals surface area contributed by atoms with Crippen molar-refractivity contribution >= 4 is 27.3 Å². The maximum Gasteiger partial charge on any atom is 0.234 e. The second-order valence-corrected chi connectivity index (χ2v) is 5.56. The molecular formula is C11H16ClNO3S. The molecule has 1 N–H and O–H groups in total. The predicted octanol–water partition coefficient (Wildman–Crippen LogP) is 2.20. The van der Waals surface area contributed by atoms with Crippen LogP contribution in [0.15, 0.2) is 24.3 Å². The largest absolute Gasteiger partial charge is 0.381 e. The van der Waals surface area contributed by atoms with Crippen molar-refractivity contribution in [2.24, 2.45) is 0 Å². The number of sulfonamides is 1. The van der Waals surface area contributed by atoms with Gasteiger partial charge in [0.1, 0.15) is 0 Å². The number of hydrogen-bond acceptors (Lipinski definition) is 3. The molecule has 96 valence electrons. The quantitative estimate of drug-likeness (QED) is 0.614. The first-order valence-electron chi connectivity index (χ1n) is 5.30. The average Bonchev–Trinajstić information content (AvgIpc) is 2.30. The minimum atomic E-state index is -3.33. The monoisotopic (exact) mass is 277 g/mol. The van der Waals surface area contributed by atoms with Gasteiger partial charge >= 0.3 is 0 Å². The van der Waals surface area contributed by atoms with Crippen LogP contribution in [0.4, 0.5) is 5.69 Å². The Labute approximate surface area is 107 Å². The summed E-state index contributed by atoms with van der Waals surface area (Å²) in [4.78, 5) is 0. The van der Waals surface area contributed by atoms with Gasteiger partial charge in [-0.05, 0) is 24.6 Å². The lowest BCUT2D eigenvalue weighted by molar-refractivity contribution is 0.163. The van der Waals surface area contributed by atoms with Gasteiger partial charge in [0.25, 0.3) is 0 Å². The Hall–Kier alpha value is -0.780. The molecule has 0 bridgehead atoms. The first-order valence-corrected chi connectivity index (χ1v) is 7.49. The lowest BCUT2D eigenvalue weighted by Gasteiger charge is -2.08. The van der Waals surface area contributed by atoms with Crippen LogP contribution < -0.4 is 4.72 Å². The first-order chi connectivity index (χ1) is 8.07. The van der Waals surface area contributed by atoms with E-state index in [2.05, 4.69) is 4.72 Å². The molecule has 6 heteroatoms. The Balaban J connectivity index is 2.56. The van der Waals surface area contributed by atoms with E-state index < -0.39 is 10.0 Å². The van der Waals surface area contributed by atoms with E-state index in [0.29, 0.717) is 18.2 Å². The van der Waals surface area contributed by atoms with Gasteiger partial charge in [-0.3, -0.25) is 4.72 Å². The highest BCUT2D eigenvalue weighted by Crippen LogP contribution is 2.12. The van der Waals surface area contributed by atoms with Gasteiger partial charge in [-0.15, -0.1) is 11.6 Å². The lowest BCUT2D eigenvalue weighted by Crippen LogP contribution is -2.20. The van der Waals surface area contributed by atoms with Gasteiger partial charge in [0.2, 0.25) is 10.0 Å². The highest BCUT2D eigenvalue weighted by Gasteiger charge is 2.09. The zero-order valence-corrected chi connectivity index (χ0v) is 11.2. The molecule has 0 aliphatic carbocycles. The topological polar surface area (TPSA) is 55.4 Å². The molecule has 1 rings (SSSR count). The summed E-state index contributed by atoms with van der Waals surface area (Å²) < 4.78 is 30.7. The third-order valence-corrected chi connectivity index (χ3v) is 3.64. The molecule has 0 saturated carbocycles. The van der Waals surface area contributed by atoms with Gasteiger partial charge in [-0.1, -0.05) is 12.1 Å². The van der Waals surface area contributed by atoms with Crippen LogP contribution in [0, 0.1) is 0 Å². The molecule has 0 aromatic heterocycles. The van der Waals surface area contributed by atoms with E-state index in [1.165, 1.54) is 0 Å². The lowest BCUT2D eigenvalue weighted by atomic mass is 10.2. The smallest absolute Gasteiger partial charge is 0.234 e. The molecule has 0 fully saturated rings. The van der Waals surface area contributed by atoms with E-state index in [1.54, 1.807) is 24.3 Å². The number of anilines is 1. The zero-order chi connectivity index (χ0) is 12.7. The summed E-state index contributed by atoms with van der Waals surface area (Å²) in [6, 6.07) is 6.95. The van der Waals surface area contributed by atoms with E-state index in [4.69, 9.17) is 16.3 Å². The van der Waals surface area contributed by atoms with Gasteiger partial charge < -0.3 is 4.74 Å². The number of rotatable bonds is 7. The molecule has 1 aromatic rings. The SMILES string of the molecule is CCOCCS(=O)(=O)Nc1ccc(CCl)cc1. The molecule has 0 heterocycles. The minimum Gasteiger partial charge on any atom is -0.381 e. The van der Waals surface area contributed by atoms with Crippen molar-refractivity contribution in [1.29, 1.82) is 0 Å². The number of nitrogens with one attached hydrogen (secondary N) is 1. The number of benzene rings is 1. The van der Waals surface area contributed by atoms with Gasteiger partial charge in [0.05, 0.1) is 12.4 Å². The van der Waals surface area contributed by atoms with Crippen molar-refractivity contribution in [3.63, 3.8) is 0 Å². The minimum absolute atomic E-state index is 0.0436. The van der Waals surface area contributed by atoms with Crippen LogP contribution in [0.1, 0.15) is 12.5 Å². The van der Waals surface area contributed by atoms with Gasteiger partial charge in [-0.25, -0.2) is 8.42 Å². The van der Waals surface area contributed by atoms with Crippen molar-refractivity contribution < 1.29 is 13.2 Å². The van der Waals surface area contributed by atoms with Gasteiger partial charge in [0, 0.05) is 18.2 Å². The van der Waals surface area contributed by atoms with Crippen molar-refractivity contribution in [3.05, 3.63) is 29.8 Å². The highest BCUT2D eigenvalue weighted by atomic mass is 35.5. The van der Waals surface area contributed by atoms with E-state index >= 15 is 0 Å². The Bertz CT molecular complexity index is 431. The summed E-state index contributed by atoms with van der Waals surface area (Å²) >= 11 is 5.64. The number of ether oxygens (including phenoxy) is 1.